The van der Waals surface area contributed by atoms with Crippen molar-refractivity contribution in [2.24, 2.45) is 10.9 Å². The van der Waals surface area contributed by atoms with E-state index in [4.69, 9.17) is 15.7 Å². The van der Waals surface area contributed by atoms with Gasteiger partial charge < -0.3 is 20.6 Å². The molecular weight excluding hydrogens is 234 g/mol. The molecule has 1 aliphatic rings. The Morgan fingerprint density at radius 2 is 2.00 bits per heavy atom. The molecule has 0 aromatic carbocycles. The SMILES string of the molecule is CC1CN(c2nccnc2C(N)=NO)CC(C)O1. The van der Waals surface area contributed by atoms with Crippen LogP contribution in [0, 0.1) is 0 Å². The number of oxime groups is 1. The van der Waals surface area contributed by atoms with Crippen LogP contribution in [0.5, 0.6) is 0 Å². The van der Waals surface area contributed by atoms with Crippen LogP contribution >= 0.6 is 0 Å². The number of aromatic nitrogens is 2. The Balaban J connectivity index is 2.32. The van der Waals surface area contributed by atoms with Gasteiger partial charge in [0, 0.05) is 25.5 Å². The van der Waals surface area contributed by atoms with Crippen molar-refractivity contribution >= 4 is 11.7 Å². The highest BCUT2D eigenvalue weighted by Crippen LogP contribution is 2.20. The molecule has 7 nitrogen and oxygen atoms in total. The van der Waals surface area contributed by atoms with Gasteiger partial charge in [0.25, 0.3) is 0 Å². The van der Waals surface area contributed by atoms with Crippen molar-refractivity contribution in [1.82, 2.24) is 9.97 Å². The molecule has 1 fully saturated rings. The molecule has 2 heterocycles. The van der Waals surface area contributed by atoms with Crippen LogP contribution in [0.2, 0.25) is 0 Å². The van der Waals surface area contributed by atoms with E-state index < -0.39 is 0 Å². The lowest BCUT2D eigenvalue weighted by Gasteiger charge is -2.36. The summed E-state index contributed by atoms with van der Waals surface area (Å²) in [6.07, 6.45) is 3.32. The summed E-state index contributed by atoms with van der Waals surface area (Å²) in [5, 5.41) is 11.8. The highest BCUT2D eigenvalue weighted by atomic mass is 16.5. The van der Waals surface area contributed by atoms with E-state index >= 15 is 0 Å². The van der Waals surface area contributed by atoms with Crippen LogP contribution < -0.4 is 10.6 Å². The van der Waals surface area contributed by atoms with Gasteiger partial charge in [-0.05, 0) is 13.8 Å². The minimum Gasteiger partial charge on any atom is -0.409 e. The van der Waals surface area contributed by atoms with Gasteiger partial charge in [0.15, 0.2) is 17.3 Å². The summed E-state index contributed by atoms with van der Waals surface area (Å²) in [5.41, 5.74) is 6.00. The molecule has 0 saturated carbocycles. The Morgan fingerprint density at radius 1 is 1.39 bits per heavy atom. The van der Waals surface area contributed by atoms with Gasteiger partial charge in [-0.15, -0.1) is 0 Å². The third-order valence-corrected chi connectivity index (χ3v) is 2.75. The number of morpholine rings is 1. The monoisotopic (exact) mass is 251 g/mol. The van der Waals surface area contributed by atoms with Gasteiger partial charge >= 0.3 is 0 Å². The number of hydrogen-bond donors (Lipinski definition) is 2. The van der Waals surface area contributed by atoms with Gasteiger partial charge in [0.2, 0.25) is 0 Å². The van der Waals surface area contributed by atoms with E-state index in [1.807, 2.05) is 18.7 Å². The minimum absolute atomic E-state index is 0.0371. The molecule has 18 heavy (non-hydrogen) atoms. The van der Waals surface area contributed by atoms with E-state index in [1.54, 1.807) is 6.20 Å². The Morgan fingerprint density at radius 3 is 2.61 bits per heavy atom. The first-order valence-electron chi connectivity index (χ1n) is 5.81. The zero-order chi connectivity index (χ0) is 13.1. The molecule has 1 aliphatic heterocycles. The van der Waals surface area contributed by atoms with E-state index in [-0.39, 0.29) is 18.0 Å². The average molecular weight is 251 g/mol. The molecule has 1 saturated heterocycles. The Kier molecular flexibility index (Phi) is 3.61. The molecule has 0 radical (unpaired) electrons. The van der Waals surface area contributed by atoms with Crippen LogP contribution in [0.1, 0.15) is 19.5 Å². The summed E-state index contributed by atoms with van der Waals surface area (Å²) in [4.78, 5) is 10.4. The fraction of sp³-hybridized carbons (Fsp3) is 0.545. The third-order valence-electron chi connectivity index (χ3n) is 2.75. The largest absolute Gasteiger partial charge is 0.409 e. The van der Waals surface area contributed by atoms with Crippen molar-refractivity contribution in [1.29, 1.82) is 0 Å². The van der Waals surface area contributed by atoms with Crippen molar-refractivity contribution in [3.05, 3.63) is 18.1 Å². The Labute approximate surface area is 105 Å². The molecule has 2 atom stereocenters. The predicted molar refractivity (Wildman–Crippen MR) is 66.8 cm³/mol. The van der Waals surface area contributed by atoms with Gasteiger partial charge in [0.1, 0.15) is 0 Å². The predicted octanol–water partition coefficient (Wildman–Crippen LogP) is 0.185. The van der Waals surface area contributed by atoms with Gasteiger partial charge in [-0.1, -0.05) is 5.16 Å². The highest BCUT2D eigenvalue weighted by molar-refractivity contribution is 5.99. The smallest absolute Gasteiger partial charge is 0.192 e. The van der Waals surface area contributed by atoms with Gasteiger partial charge in [-0.3, -0.25) is 0 Å². The van der Waals surface area contributed by atoms with Crippen LogP contribution in [0.15, 0.2) is 17.5 Å². The fourth-order valence-electron chi connectivity index (χ4n) is 2.14. The van der Waals surface area contributed by atoms with Crippen LogP contribution in [0.3, 0.4) is 0 Å². The summed E-state index contributed by atoms with van der Waals surface area (Å²) in [6.45, 7) is 5.41. The maximum Gasteiger partial charge on any atom is 0.192 e. The van der Waals surface area contributed by atoms with E-state index in [0.29, 0.717) is 24.6 Å². The highest BCUT2D eigenvalue weighted by Gasteiger charge is 2.26. The van der Waals surface area contributed by atoms with Gasteiger partial charge in [0.05, 0.1) is 12.2 Å². The number of rotatable bonds is 2. The number of hydrogen-bond acceptors (Lipinski definition) is 6. The summed E-state index contributed by atoms with van der Waals surface area (Å²) in [5.74, 6) is 0.583. The summed E-state index contributed by atoms with van der Waals surface area (Å²) >= 11 is 0. The van der Waals surface area contributed by atoms with Gasteiger partial charge in [-0.25, -0.2) is 9.97 Å². The minimum atomic E-state index is -0.0371. The average Bonchev–Trinajstić information content (AvgIpc) is 2.36. The molecule has 3 N–H and O–H groups in total. The summed E-state index contributed by atoms with van der Waals surface area (Å²) in [7, 11) is 0. The second-order valence-corrected chi connectivity index (χ2v) is 4.38. The number of amidine groups is 1. The molecule has 0 bridgehead atoms. The molecule has 1 aromatic heterocycles. The van der Waals surface area contributed by atoms with E-state index in [9.17, 15) is 0 Å². The van der Waals surface area contributed by atoms with Crippen molar-refractivity contribution < 1.29 is 9.94 Å². The number of nitrogens with zero attached hydrogens (tertiary/aromatic N) is 4. The number of nitrogens with two attached hydrogens (primary N) is 1. The molecule has 98 valence electrons. The van der Waals surface area contributed by atoms with Crippen molar-refractivity contribution in [3.8, 4) is 0 Å². The first-order valence-corrected chi connectivity index (χ1v) is 5.81. The molecule has 0 aliphatic carbocycles. The second-order valence-electron chi connectivity index (χ2n) is 4.38. The van der Waals surface area contributed by atoms with E-state index in [0.717, 1.165) is 0 Å². The zero-order valence-electron chi connectivity index (χ0n) is 10.4. The molecule has 2 unspecified atom stereocenters. The lowest BCUT2D eigenvalue weighted by Crippen LogP contribution is -2.46. The van der Waals surface area contributed by atoms with Crippen molar-refractivity contribution in [3.63, 3.8) is 0 Å². The van der Waals surface area contributed by atoms with Crippen LogP contribution in [-0.4, -0.2) is 46.3 Å². The molecule has 0 amide bonds. The second kappa shape index (κ2) is 5.18. The number of anilines is 1. The number of ether oxygens (including phenoxy) is 1. The summed E-state index contributed by atoms with van der Waals surface area (Å²) < 4.78 is 5.66. The topological polar surface area (TPSA) is 96.9 Å². The molecule has 1 aromatic rings. The lowest BCUT2D eigenvalue weighted by atomic mass is 10.2. The first-order chi connectivity index (χ1) is 8.61. The van der Waals surface area contributed by atoms with Crippen LogP contribution in [-0.2, 0) is 4.74 Å². The first kappa shape index (κ1) is 12.6. The lowest BCUT2D eigenvalue weighted by molar-refractivity contribution is -0.00548. The summed E-state index contributed by atoms with van der Waals surface area (Å²) in [6, 6.07) is 0. The van der Waals surface area contributed by atoms with E-state index in [2.05, 4.69) is 15.1 Å². The maximum absolute atomic E-state index is 8.77. The Bertz CT molecular complexity index is 441. The fourth-order valence-corrected chi connectivity index (χ4v) is 2.14. The molecule has 7 heteroatoms. The normalized spacial score (nSPS) is 25.2. The van der Waals surface area contributed by atoms with Crippen LogP contribution in [0.25, 0.3) is 0 Å². The van der Waals surface area contributed by atoms with Crippen molar-refractivity contribution in [2.75, 3.05) is 18.0 Å². The zero-order valence-corrected chi connectivity index (χ0v) is 10.4. The maximum atomic E-state index is 8.77. The Hall–Kier alpha value is -1.89. The van der Waals surface area contributed by atoms with Crippen molar-refractivity contribution in [2.45, 2.75) is 26.1 Å². The standard InChI is InChI=1S/C11H17N5O2/c1-7-5-16(6-8(2)18-7)11-9(10(12)15-17)13-3-4-14-11/h3-4,7-8,17H,5-6H2,1-2H3,(H2,12,15). The van der Waals surface area contributed by atoms with Gasteiger partial charge in [-0.2, -0.15) is 0 Å². The molecule has 0 spiro atoms. The van der Waals surface area contributed by atoms with Crippen LogP contribution in [0.4, 0.5) is 5.82 Å². The molecule has 2 rings (SSSR count). The third kappa shape index (κ3) is 2.51. The van der Waals surface area contributed by atoms with E-state index in [1.165, 1.54) is 6.20 Å². The molecular formula is C11H17N5O2. The quantitative estimate of drug-likeness (QED) is 0.337.